The molecule has 0 aliphatic carbocycles. The van der Waals surface area contributed by atoms with Crippen LogP contribution in [-0.4, -0.2) is 27.6 Å². The summed E-state index contributed by atoms with van der Waals surface area (Å²) in [4.78, 5) is 35.0. The number of para-hydroxylation sites is 1. The number of nitrogens with zero attached hydrogens (tertiary/aromatic N) is 3. The Morgan fingerprint density at radius 1 is 1.07 bits per heavy atom. The van der Waals surface area contributed by atoms with Gasteiger partial charge in [-0.1, -0.05) is 24.3 Å². The number of hydrogen-bond acceptors (Lipinski definition) is 5. The third kappa shape index (κ3) is 3.40. The van der Waals surface area contributed by atoms with Crippen molar-refractivity contribution >= 4 is 17.0 Å². The van der Waals surface area contributed by atoms with Crippen molar-refractivity contribution < 1.29 is 9.53 Å². The van der Waals surface area contributed by atoms with Crippen LogP contribution >= 0.6 is 0 Å². The first-order chi connectivity index (χ1) is 14.1. The number of benzene rings is 1. The molecule has 0 saturated heterocycles. The van der Waals surface area contributed by atoms with E-state index in [1.165, 1.54) is 7.11 Å². The summed E-state index contributed by atoms with van der Waals surface area (Å²) < 4.78 is 6.78. The molecule has 3 heterocycles. The Balaban J connectivity index is 2.14. The molecule has 0 fully saturated rings. The fourth-order valence-electron chi connectivity index (χ4n) is 3.41. The van der Waals surface area contributed by atoms with E-state index in [0.29, 0.717) is 16.6 Å². The lowest BCUT2D eigenvalue weighted by Gasteiger charge is -2.19. The molecule has 0 atom stereocenters. The minimum absolute atomic E-state index is 0.179. The van der Waals surface area contributed by atoms with Gasteiger partial charge < -0.3 is 4.74 Å². The first-order valence-corrected chi connectivity index (χ1v) is 9.18. The van der Waals surface area contributed by atoms with Crippen LogP contribution in [0.4, 0.5) is 0 Å². The van der Waals surface area contributed by atoms with E-state index in [0.717, 1.165) is 16.9 Å². The summed E-state index contributed by atoms with van der Waals surface area (Å²) in [6, 6.07) is 16.6. The third-order valence-electron chi connectivity index (χ3n) is 4.75. The Kier molecular flexibility index (Phi) is 4.91. The lowest BCUT2D eigenvalue weighted by Crippen LogP contribution is -2.25. The van der Waals surface area contributed by atoms with E-state index in [2.05, 4.69) is 9.97 Å². The Morgan fingerprint density at radius 2 is 1.86 bits per heavy atom. The molecule has 0 saturated carbocycles. The lowest BCUT2D eigenvalue weighted by atomic mass is 10.0. The van der Waals surface area contributed by atoms with E-state index in [-0.39, 0.29) is 17.5 Å². The molecule has 0 aliphatic rings. The van der Waals surface area contributed by atoms with Crippen molar-refractivity contribution in [2.75, 3.05) is 7.11 Å². The molecule has 0 unspecified atom stereocenters. The predicted octanol–water partition coefficient (Wildman–Crippen LogP) is 3.47. The van der Waals surface area contributed by atoms with Crippen LogP contribution in [0.1, 0.15) is 27.3 Å². The Labute approximate surface area is 167 Å². The van der Waals surface area contributed by atoms with Gasteiger partial charge in [-0.25, -0.2) is 9.78 Å². The van der Waals surface area contributed by atoms with Gasteiger partial charge >= 0.3 is 5.97 Å². The molecule has 29 heavy (non-hydrogen) atoms. The van der Waals surface area contributed by atoms with Crippen molar-refractivity contribution in [1.29, 1.82) is 0 Å². The van der Waals surface area contributed by atoms with Gasteiger partial charge in [-0.3, -0.25) is 14.3 Å². The van der Waals surface area contributed by atoms with Crippen molar-refractivity contribution in [3.8, 4) is 5.69 Å². The van der Waals surface area contributed by atoms with E-state index in [9.17, 15) is 9.59 Å². The van der Waals surface area contributed by atoms with Crippen LogP contribution in [0.25, 0.3) is 16.7 Å². The maximum Gasteiger partial charge on any atom is 0.355 e. The number of fused-ring (bicyclic) bond motifs is 1. The number of hydrogen-bond donors (Lipinski definition) is 0. The largest absolute Gasteiger partial charge is 0.464 e. The summed E-state index contributed by atoms with van der Waals surface area (Å²) in [5.74, 6) is -0.588. The maximum atomic E-state index is 13.4. The third-order valence-corrected chi connectivity index (χ3v) is 4.75. The molecule has 0 spiro atoms. The highest BCUT2D eigenvalue weighted by Gasteiger charge is 2.25. The number of ether oxygens (including phenoxy) is 1. The van der Waals surface area contributed by atoms with E-state index in [4.69, 9.17) is 4.74 Å². The van der Waals surface area contributed by atoms with Crippen molar-refractivity contribution in [1.82, 2.24) is 14.5 Å². The number of aromatic nitrogens is 3. The van der Waals surface area contributed by atoms with Crippen LogP contribution in [0.3, 0.4) is 0 Å². The van der Waals surface area contributed by atoms with Crippen LogP contribution in [-0.2, 0) is 11.2 Å². The standard InChI is InChI=1S/C23H19N3O3/c1-15-10-11-18-21(27)19(13-16-7-6-12-24-14-16)20(23(28)29-2)26(22(18)25-15)17-8-4-3-5-9-17/h3-12,14H,13H2,1-2H3. The van der Waals surface area contributed by atoms with E-state index in [1.807, 2.05) is 43.3 Å². The summed E-state index contributed by atoms with van der Waals surface area (Å²) in [6.45, 7) is 1.85. The molecule has 0 aliphatic heterocycles. The molecule has 1 aromatic carbocycles. The second kappa shape index (κ2) is 7.67. The number of pyridine rings is 3. The number of esters is 1. The molecule has 3 aromatic heterocycles. The monoisotopic (exact) mass is 385 g/mol. The average molecular weight is 385 g/mol. The summed E-state index contributed by atoms with van der Waals surface area (Å²) >= 11 is 0. The van der Waals surface area contributed by atoms with Gasteiger partial charge in [-0.2, -0.15) is 0 Å². The number of aryl methyl sites for hydroxylation is 1. The second-order valence-corrected chi connectivity index (χ2v) is 6.68. The number of carbonyl (C=O) groups is 1. The molecule has 0 amide bonds. The number of methoxy groups -OCH3 is 1. The first-order valence-electron chi connectivity index (χ1n) is 9.18. The van der Waals surface area contributed by atoms with Gasteiger partial charge in [0.15, 0.2) is 5.43 Å². The minimum atomic E-state index is -0.588. The molecule has 0 N–H and O–H groups in total. The zero-order valence-corrected chi connectivity index (χ0v) is 16.1. The molecule has 0 bridgehead atoms. The van der Waals surface area contributed by atoms with Crippen molar-refractivity contribution in [3.05, 3.63) is 99.7 Å². The van der Waals surface area contributed by atoms with Gasteiger partial charge in [-0.05, 0) is 42.8 Å². The van der Waals surface area contributed by atoms with Crippen LogP contribution in [0.5, 0.6) is 0 Å². The number of carbonyl (C=O) groups excluding carboxylic acids is 1. The van der Waals surface area contributed by atoms with E-state index < -0.39 is 5.97 Å². The van der Waals surface area contributed by atoms with Gasteiger partial charge in [0.2, 0.25) is 0 Å². The molecule has 4 rings (SSSR count). The quantitative estimate of drug-likeness (QED) is 0.503. The van der Waals surface area contributed by atoms with Gasteiger partial charge in [0.1, 0.15) is 11.3 Å². The summed E-state index contributed by atoms with van der Waals surface area (Å²) in [6.07, 6.45) is 3.61. The maximum absolute atomic E-state index is 13.4. The molecule has 0 radical (unpaired) electrons. The van der Waals surface area contributed by atoms with Gasteiger partial charge in [0, 0.05) is 35.8 Å². The Hall–Kier alpha value is -3.80. The smallest absolute Gasteiger partial charge is 0.355 e. The minimum Gasteiger partial charge on any atom is -0.464 e. The molecular formula is C23H19N3O3. The van der Waals surface area contributed by atoms with E-state index >= 15 is 0 Å². The van der Waals surface area contributed by atoms with Crippen LogP contribution in [0, 0.1) is 6.92 Å². The fraction of sp³-hybridized carbons (Fsp3) is 0.130. The zero-order chi connectivity index (χ0) is 20.4. The fourth-order valence-corrected chi connectivity index (χ4v) is 3.41. The van der Waals surface area contributed by atoms with Crippen molar-refractivity contribution in [2.45, 2.75) is 13.3 Å². The zero-order valence-electron chi connectivity index (χ0n) is 16.1. The normalized spacial score (nSPS) is 10.8. The number of rotatable bonds is 4. The van der Waals surface area contributed by atoms with Crippen LogP contribution in [0.15, 0.2) is 71.8 Å². The average Bonchev–Trinajstić information content (AvgIpc) is 2.76. The van der Waals surface area contributed by atoms with Crippen molar-refractivity contribution in [2.24, 2.45) is 0 Å². The first kappa shape index (κ1) is 18.6. The lowest BCUT2D eigenvalue weighted by molar-refractivity contribution is 0.0590. The molecule has 6 heteroatoms. The SMILES string of the molecule is COC(=O)c1c(Cc2cccnc2)c(=O)c2ccc(C)nc2n1-c1ccccc1. The predicted molar refractivity (Wildman–Crippen MR) is 110 cm³/mol. The highest BCUT2D eigenvalue weighted by atomic mass is 16.5. The van der Waals surface area contributed by atoms with E-state index in [1.54, 1.807) is 35.2 Å². The van der Waals surface area contributed by atoms with Gasteiger partial charge in [0.25, 0.3) is 0 Å². The van der Waals surface area contributed by atoms with Gasteiger partial charge in [-0.15, -0.1) is 0 Å². The summed E-state index contributed by atoms with van der Waals surface area (Å²) in [5.41, 5.74) is 3.03. The highest BCUT2D eigenvalue weighted by molar-refractivity contribution is 5.94. The molecule has 4 aromatic rings. The molecule has 144 valence electrons. The Morgan fingerprint density at radius 3 is 2.55 bits per heavy atom. The van der Waals surface area contributed by atoms with Crippen molar-refractivity contribution in [3.63, 3.8) is 0 Å². The Bertz CT molecular complexity index is 1250. The van der Waals surface area contributed by atoms with Crippen LogP contribution < -0.4 is 5.43 Å². The topological polar surface area (TPSA) is 74.1 Å². The van der Waals surface area contributed by atoms with Gasteiger partial charge in [0.05, 0.1) is 12.5 Å². The summed E-state index contributed by atoms with van der Waals surface area (Å²) in [7, 11) is 1.31. The molecule has 6 nitrogen and oxygen atoms in total. The highest BCUT2D eigenvalue weighted by Crippen LogP contribution is 2.23. The van der Waals surface area contributed by atoms with Crippen LogP contribution in [0.2, 0.25) is 0 Å². The second-order valence-electron chi connectivity index (χ2n) is 6.68. The summed E-state index contributed by atoms with van der Waals surface area (Å²) in [5, 5.41) is 0.450. The molecular weight excluding hydrogens is 366 g/mol.